The quantitative estimate of drug-likeness (QED) is 0.910. The highest BCUT2D eigenvalue weighted by Gasteiger charge is 2.44. The molecule has 1 saturated carbocycles. The first kappa shape index (κ1) is 14.8. The van der Waals surface area contributed by atoms with Crippen LogP contribution >= 0.6 is 11.3 Å². The lowest BCUT2D eigenvalue weighted by atomic mass is 9.72. The SMILES string of the molecule is CC1(F)CC(CN2Cc3c(sc(N)c3C#N)CC2(C)C)C1. The molecule has 0 spiro atoms. The van der Waals surface area contributed by atoms with Crippen molar-refractivity contribution in [3.8, 4) is 6.07 Å². The van der Waals surface area contributed by atoms with Crippen molar-refractivity contribution < 1.29 is 4.39 Å². The number of hydrogen-bond donors (Lipinski definition) is 1. The standard InChI is InChI=1S/C16H22FN3S/c1-15(2)6-13-12(11(7-18)14(19)21-13)9-20(15)8-10-4-16(3,17)5-10/h10H,4-6,8-9,19H2,1-3H3. The molecular weight excluding hydrogens is 285 g/mol. The van der Waals surface area contributed by atoms with Crippen LogP contribution in [0, 0.1) is 17.2 Å². The summed E-state index contributed by atoms with van der Waals surface area (Å²) in [5, 5.41) is 9.94. The number of hydrogen-bond acceptors (Lipinski definition) is 4. The highest BCUT2D eigenvalue weighted by Crippen LogP contribution is 2.44. The van der Waals surface area contributed by atoms with Crippen LogP contribution in [0.15, 0.2) is 0 Å². The molecule has 0 atom stereocenters. The third-order valence-electron chi connectivity index (χ3n) is 4.94. The number of nitriles is 1. The molecule has 2 heterocycles. The van der Waals surface area contributed by atoms with E-state index in [4.69, 9.17) is 5.73 Å². The number of nitrogens with two attached hydrogens (primary N) is 1. The maximum atomic E-state index is 13.7. The van der Waals surface area contributed by atoms with Gasteiger partial charge in [0.1, 0.15) is 16.7 Å². The van der Waals surface area contributed by atoms with Gasteiger partial charge in [-0.1, -0.05) is 0 Å². The van der Waals surface area contributed by atoms with E-state index in [1.165, 1.54) is 4.88 Å². The molecule has 1 aliphatic carbocycles. The number of thiophene rings is 1. The Labute approximate surface area is 129 Å². The molecular formula is C16H22FN3S. The van der Waals surface area contributed by atoms with Crippen LogP contribution in [-0.4, -0.2) is 22.7 Å². The van der Waals surface area contributed by atoms with Crippen LogP contribution in [-0.2, 0) is 13.0 Å². The summed E-state index contributed by atoms with van der Waals surface area (Å²) in [6, 6.07) is 2.24. The minimum atomic E-state index is -0.972. The van der Waals surface area contributed by atoms with Gasteiger partial charge in [-0.2, -0.15) is 5.26 Å². The number of halogens is 1. The normalized spacial score (nSPS) is 31.3. The molecule has 114 valence electrons. The van der Waals surface area contributed by atoms with Crippen molar-refractivity contribution in [1.29, 1.82) is 5.26 Å². The number of fused-ring (bicyclic) bond motifs is 1. The van der Waals surface area contributed by atoms with Crippen molar-refractivity contribution in [2.45, 2.75) is 57.8 Å². The summed E-state index contributed by atoms with van der Waals surface area (Å²) in [7, 11) is 0. The Morgan fingerprint density at radius 2 is 2.10 bits per heavy atom. The second kappa shape index (κ2) is 4.69. The van der Waals surface area contributed by atoms with Gasteiger partial charge < -0.3 is 5.73 Å². The maximum Gasteiger partial charge on any atom is 0.108 e. The van der Waals surface area contributed by atoms with E-state index in [0.29, 0.717) is 29.3 Å². The van der Waals surface area contributed by atoms with Crippen LogP contribution < -0.4 is 5.73 Å². The second-order valence-corrected chi connectivity index (χ2v) is 8.55. The number of nitrogen functional groups attached to an aromatic ring is 1. The van der Waals surface area contributed by atoms with Crippen LogP contribution in [0.5, 0.6) is 0 Å². The molecule has 5 heteroatoms. The zero-order valence-electron chi connectivity index (χ0n) is 12.9. The Balaban J connectivity index is 1.81. The Kier molecular flexibility index (Phi) is 3.30. The fraction of sp³-hybridized carbons (Fsp3) is 0.688. The first-order chi connectivity index (χ1) is 9.72. The van der Waals surface area contributed by atoms with Crippen molar-refractivity contribution in [1.82, 2.24) is 4.90 Å². The van der Waals surface area contributed by atoms with Crippen LogP contribution in [0.25, 0.3) is 0 Å². The summed E-state index contributed by atoms with van der Waals surface area (Å²) in [5.41, 5.74) is 6.79. The highest BCUT2D eigenvalue weighted by atomic mass is 32.1. The van der Waals surface area contributed by atoms with Crippen LogP contribution in [0.2, 0.25) is 0 Å². The summed E-state index contributed by atoms with van der Waals surface area (Å²) in [6.45, 7) is 7.82. The van der Waals surface area contributed by atoms with Crippen molar-refractivity contribution in [3.05, 3.63) is 16.0 Å². The molecule has 1 aromatic heterocycles. The molecule has 3 rings (SSSR count). The predicted molar refractivity (Wildman–Crippen MR) is 83.9 cm³/mol. The van der Waals surface area contributed by atoms with Crippen molar-refractivity contribution in [2.75, 3.05) is 12.3 Å². The van der Waals surface area contributed by atoms with E-state index in [2.05, 4.69) is 24.8 Å². The van der Waals surface area contributed by atoms with Gasteiger partial charge in [0.25, 0.3) is 0 Å². The summed E-state index contributed by atoms with van der Waals surface area (Å²) < 4.78 is 13.7. The van der Waals surface area contributed by atoms with E-state index in [-0.39, 0.29) is 5.54 Å². The molecule has 0 aromatic carbocycles. The Morgan fingerprint density at radius 1 is 1.43 bits per heavy atom. The third-order valence-corrected chi connectivity index (χ3v) is 6.00. The first-order valence-corrected chi connectivity index (χ1v) is 8.27. The van der Waals surface area contributed by atoms with Crippen molar-refractivity contribution >= 4 is 16.3 Å². The Hall–Kier alpha value is -1.12. The molecule has 2 N–H and O–H groups in total. The zero-order chi connectivity index (χ0) is 15.4. The Bertz CT molecular complexity index is 604. The summed E-state index contributed by atoms with van der Waals surface area (Å²) >= 11 is 1.55. The highest BCUT2D eigenvalue weighted by molar-refractivity contribution is 7.16. The van der Waals surface area contributed by atoms with Gasteiger partial charge in [0.05, 0.1) is 5.56 Å². The second-order valence-electron chi connectivity index (χ2n) is 7.41. The van der Waals surface area contributed by atoms with Gasteiger partial charge in [-0.15, -0.1) is 11.3 Å². The van der Waals surface area contributed by atoms with Crippen LogP contribution in [0.1, 0.15) is 49.6 Å². The first-order valence-electron chi connectivity index (χ1n) is 7.46. The van der Waals surface area contributed by atoms with Crippen LogP contribution in [0.3, 0.4) is 0 Å². The number of rotatable bonds is 2. The molecule has 1 aliphatic heterocycles. The third kappa shape index (κ3) is 2.56. The minimum Gasteiger partial charge on any atom is -0.389 e. The van der Waals surface area contributed by atoms with E-state index in [0.717, 1.165) is 25.1 Å². The molecule has 3 nitrogen and oxygen atoms in total. The minimum absolute atomic E-state index is 0.0410. The molecule has 1 aromatic rings. The molecule has 0 radical (unpaired) electrons. The fourth-order valence-electron chi connectivity index (χ4n) is 3.77. The number of nitrogens with zero attached hydrogens (tertiary/aromatic N) is 2. The summed E-state index contributed by atoms with van der Waals surface area (Å²) in [4.78, 5) is 3.65. The molecule has 0 amide bonds. The average molecular weight is 307 g/mol. The predicted octanol–water partition coefficient (Wildman–Crippen LogP) is 3.48. The van der Waals surface area contributed by atoms with E-state index in [1.54, 1.807) is 18.3 Å². The van der Waals surface area contributed by atoms with Gasteiger partial charge in [-0.3, -0.25) is 4.90 Å². The van der Waals surface area contributed by atoms with E-state index in [1.807, 2.05) is 0 Å². The lowest BCUT2D eigenvalue weighted by Crippen LogP contribution is -2.53. The molecule has 0 bridgehead atoms. The number of alkyl halides is 1. The largest absolute Gasteiger partial charge is 0.389 e. The molecule has 0 unspecified atom stereocenters. The van der Waals surface area contributed by atoms with E-state index in [9.17, 15) is 9.65 Å². The smallest absolute Gasteiger partial charge is 0.108 e. The molecule has 21 heavy (non-hydrogen) atoms. The van der Waals surface area contributed by atoms with Gasteiger partial charge in [-0.05, 0) is 39.5 Å². The zero-order valence-corrected chi connectivity index (χ0v) is 13.7. The maximum absolute atomic E-state index is 13.7. The lowest BCUT2D eigenvalue weighted by molar-refractivity contribution is -0.0183. The van der Waals surface area contributed by atoms with Crippen molar-refractivity contribution in [2.24, 2.45) is 5.92 Å². The van der Waals surface area contributed by atoms with Gasteiger partial charge in [0, 0.05) is 35.5 Å². The lowest BCUT2D eigenvalue weighted by Gasteiger charge is -2.48. The molecule has 1 fully saturated rings. The summed E-state index contributed by atoms with van der Waals surface area (Å²) in [5.74, 6) is 0.433. The van der Waals surface area contributed by atoms with E-state index >= 15 is 0 Å². The topological polar surface area (TPSA) is 53.0 Å². The number of anilines is 1. The molecule has 0 saturated heterocycles. The van der Waals surface area contributed by atoms with Gasteiger partial charge >= 0.3 is 0 Å². The molecule has 2 aliphatic rings. The monoisotopic (exact) mass is 307 g/mol. The average Bonchev–Trinajstić information content (AvgIpc) is 2.60. The van der Waals surface area contributed by atoms with Crippen molar-refractivity contribution in [3.63, 3.8) is 0 Å². The van der Waals surface area contributed by atoms with Gasteiger partial charge in [-0.25, -0.2) is 4.39 Å². The Morgan fingerprint density at radius 3 is 2.67 bits per heavy atom. The summed E-state index contributed by atoms with van der Waals surface area (Å²) in [6.07, 6.45) is 2.23. The van der Waals surface area contributed by atoms with Gasteiger partial charge in [0.2, 0.25) is 0 Å². The van der Waals surface area contributed by atoms with E-state index < -0.39 is 5.67 Å². The van der Waals surface area contributed by atoms with Gasteiger partial charge in [0.15, 0.2) is 0 Å². The van der Waals surface area contributed by atoms with Crippen LogP contribution in [0.4, 0.5) is 9.39 Å². The fourth-order valence-corrected chi connectivity index (χ4v) is 5.02.